The summed E-state index contributed by atoms with van der Waals surface area (Å²) in [6.45, 7) is 4.06. The van der Waals surface area contributed by atoms with Crippen LogP contribution in [0.5, 0.6) is 17.2 Å². The zero-order valence-corrected chi connectivity index (χ0v) is 14.4. The number of phenolic OH excluding ortho intramolecular Hbond substituents is 1. The lowest BCUT2D eigenvalue weighted by molar-refractivity contribution is 0.0834. The Hall–Kier alpha value is -1.97. The number of aromatic hydroxyl groups is 1. The fourth-order valence-corrected chi connectivity index (χ4v) is 3.98. The van der Waals surface area contributed by atoms with Crippen LogP contribution in [0.4, 0.5) is 0 Å². The van der Waals surface area contributed by atoms with Crippen molar-refractivity contribution in [3.05, 3.63) is 29.0 Å². The van der Waals surface area contributed by atoms with Gasteiger partial charge in [-0.15, -0.1) is 0 Å². The molecule has 1 fully saturated rings. The largest absolute Gasteiger partial charge is 0.507 e. The maximum absolute atomic E-state index is 12.7. The zero-order valence-electron chi connectivity index (χ0n) is 14.4. The minimum atomic E-state index is -0.267. The van der Waals surface area contributed by atoms with Gasteiger partial charge in [-0.1, -0.05) is 19.3 Å². The molecule has 0 amide bonds. The molecule has 24 heavy (non-hydrogen) atoms. The van der Waals surface area contributed by atoms with Gasteiger partial charge in [0.05, 0.1) is 0 Å². The average molecular weight is 328 g/mol. The summed E-state index contributed by atoms with van der Waals surface area (Å²) in [6.07, 6.45) is 9.38. The Morgan fingerprint density at radius 3 is 2.71 bits per heavy atom. The Balaban J connectivity index is 1.69. The molecule has 3 aliphatic rings. The summed E-state index contributed by atoms with van der Waals surface area (Å²) in [5.41, 5.74) is 0.764. The molecule has 1 saturated carbocycles. The van der Waals surface area contributed by atoms with E-state index in [1.807, 2.05) is 19.9 Å². The Labute approximate surface area is 142 Å². The molecule has 0 bridgehead atoms. The van der Waals surface area contributed by atoms with E-state index in [1.54, 1.807) is 6.07 Å². The van der Waals surface area contributed by atoms with E-state index in [0.29, 0.717) is 35.2 Å². The summed E-state index contributed by atoms with van der Waals surface area (Å²) in [5, 5.41) is 10.6. The quantitative estimate of drug-likeness (QED) is 0.769. The van der Waals surface area contributed by atoms with Crippen LogP contribution in [0.25, 0.3) is 0 Å². The van der Waals surface area contributed by atoms with Gasteiger partial charge in [-0.2, -0.15) is 0 Å². The number of benzene rings is 1. The van der Waals surface area contributed by atoms with Crippen LogP contribution in [0.3, 0.4) is 0 Å². The molecule has 4 nitrogen and oxygen atoms in total. The number of rotatable bonds is 1. The van der Waals surface area contributed by atoms with Crippen LogP contribution in [-0.4, -0.2) is 16.5 Å². The smallest absolute Gasteiger partial charge is 0.235 e. The molecule has 0 saturated heterocycles. The van der Waals surface area contributed by atoms with Crippen LogP contribution in [-0.2, 0) is 6.42 Å². The SMILES string of the molecule is CC1(C)CCc2c(cc3c(c2O)C(=O)/C(=C/C2CCCCC2)O3)O1. The number of Topliss-reactive ketones (excluding diaryl/α,β-unsaturated/α-hetero) is 1. The number of hydrogen-bond donors (Lipinski definition) is 1. The van der Waals surface area contributed by atoms with Crippen LogP contribution >= 0.6 is 0 Å². The van der Waals surface area contributed by atoms with Crippen molar-refractivity contribution in [2.24, 2.45) is 5.92 Å². The van der Waals surface area contributed by atoms with Gasteiger partial charge in [-0.25, -0.2) is 0 Å². The number of fused-ring (bicyclic) bond motifs is 2. The van der Waals surface area contributed by atoms with Crippen LogP contribution in [0.1, 0.15) is 68.3 Å². The standard InChI is InChI=1S/C20H24O4/c1-20(2)9-8-13-14(24-20)11-15-17(18(13)21)19(22)16(23-15)10-12-6-4-3-5-7-12/h10-12,21H,3-9H2,1-2H3/b16-10-. The van der Waals surface area contributed by atoms with E-state index < -0.39 is 0 Å². The van der Waals surface area contributed by atoms with Crippen LogP contribution in [0.2, 0.25) is 0 Å². The number of carbonyl (C=O) groups excluding carboxylic acids is 1. The predicted octanol–water partition coefficient (Wildman–Crippen LogP) is 4.54. The highest BCUT2D eigenvalue weighted by molar-refractivity contribution is 6.14. The topological polar surface area (TPSA) is 55.8 Å². The highest BCUT2D eigenvalue weighted by Crippen LogP contribution is 2.48. The first-order valence-corrected chi connectivity index (χ1v) is 8.97. The van der Waals surface area contributed by atoms with Gasteiger partial charge in [0.2, 0.25) is 5.78 Å². The molecule has 0 unspecified atom stereocenters. The van der Waals surface area contributed by atoms with Gasteiger partial charge in [0, 0.05) is 11.6 Å². The second-order valence-electron chi connectivity index (χ2n) is 7.80. The van der Waals surface area contributed by atoms with Crippen molar-refractivity contribution in [2.75, 3.05) is 0 Å². The monoisotopic (exact) mass is 328 g/mol. The Kier molecular flexibility index (Phi) is 3.59. The van der Waals surface area contributed by atoms with Gasteiger partial charge < -0.3 is 14.6 Å². The summed E-state index contributed by atoms with van der Waals surface area (Å²) >= 11 is 0. The summed E-state index contributed by atoms with van der Waals surface area (Å²) < 4.78 is 11.8. The van der Waals surface area contributed by atoms with Gasteiger partial charge in [0.15, 0.2) is 5.76 Å². The molecule has 0 radical (unpaired) electrons. The molecule has 0 aromatic heterocycles. The van der Waals surface area contributed by atoms with Gasteiger partial charge in [0.1, 0.15) is 28.4 Å². The second kappa shape index (κ2) is 5.54. The van der Waals surface area contributed by atoms with Crippen LogP contribution in [0.15, 0.2) is 17.9 Å². The molecular formula is C20H24O4. The van der Waals surface area contributed by atoms with E-state index >= 15 is 0 Å². The molecule has 128 valence electrons. The molecule has 1 aromatic rings. The number of ether oxygens (including phenoxy) is 2. The maximum atomic E-state index is 12.7. The third-order valence-electron chi connectivity index (χ3n) is 5.40. The van der Waals surface area contributed by atoms with Gasteiger partial charge in [-0.3, -0.25) is 4.79 Å². The maximum Gasteiger partial charge on any atom is 0.235 e. The highest BCUT2D eigenvalue weighted by atomic mass is 16.5. The van der Waals surface area contributed by atoms with Gasteiger partial charge in [-0.05, 0) is 51.5 Å². The van der Waals surface area contributed by atoms with Crippen molar-refractivity contribution < 1.29 is 19.4 Å². The third-order valence-corrected chi connectivity index (χ3v) is 5.40. The van der Waals surface area contributed by atoms with Gasteiger partial charge >= 0.3 is 0 Å². The first kappa shape index (κ1) is 15.6. The number of allylic oxidation sites excluding steroid dienone is 2. The second-order valence-corrected chi connectivity index (χ2v) is 7.80. The summed E-state index contributed by atoms with van der Waals surface area (Å²) in [6, 6.07) is 1.77. The van der Waals surface area contributed by atoms with Crippen LogP contribution in [0, 0.1) is 5.92 Å². The minimum absolute atomic E-state index is 0.0371. The summed E-state index contributed by atoms with van der Waals surface area (Å²) in [5.74, 6) is 1.67. The Morgan fingerprint density at radius 1 is 1.21 bits per heavy atom. The molecule has 1 aromatic carbocycles. The van der Waals surface area contributed by atoms with E-state index in [2.05, 4.69) is 0 Å². The lowest BCUT2D eigenvalue weighted by Gasteiger charge is -2.33. The summed E-state index contributed by atoms with van der Waals surface area (Å²) in [4.78, 5) is 12.7. The molecule has 0 spiro atoms. The van der Waals surface area contributed by atoms with Crippen molar-refractivity contribution in [3.8, 4) is 17.2 Å². The first-order valence-electron chi connectivity index (χ1n) is 8.97. The van der Waals surface area contributed by atoms with Crippen molar-refractivity contribution in [1.82, 2.24) is 0 Å². The lowest BCUT2D eigenvalue weighted by atomic mass is 9.88. The lowest BCUT2D eigenvalue weighted by Crippen LogP contribution is -2.32. The van der Waals surface area contributed by atoms with E-state index in [0.717, 1.165) is 24.8 Å². The molecule has 2 heterocycles. The third kappa shape index (κ3) is 2.58. The van der Waals surface area contributed by atoms with E-state index in [4.69, 9.17) is 9.47 Å². The molecule has 4 heteroatoms. The highest BCUT2D eigenvalue weighted by Gasteiger charge is 2.37. The number of ketones is 1. The Bertz CT molecular complexity index is 724. The average Bonchev–Trinajstić information content (AvgIpc) is 2.83. The molecular weight excluding hydrogens is 304 g/mol. The number of carbonyl (C=O) groups is 1. The number of phenols is 1. The van der Waals surface area contributed by atoms with Gasteiger partial charge in [0.25, 0.3) is 0 Å². The predicted molar refractivity (Wildman–Crippen MR) is 90.8 cm³/mol. The molecule has 4 rings (SSSR count). The molecule has 1 aliphatic carbocycles. The Morgan fingerprint density at radius 2 is 1.96 bits per heavy atom. The zero-order chi connectivity index (χ0) is 16.9. The van der Waals surface area contributed by atoms with E-state index in [1.165, 1.54) is 19.3 Å². The van der Waals surface area contributed by atoms with Crippen molar-refractivity contribution >= 4 is 5.78 Å². The molecule has 1 N–H and O–H groups in total. The number of hydrogen-bond acceptors (Lipinski definition) is 4. The fraction of sp³-hybridized carbons (Fsp3) is 0.550. The van der Waals surface area contributed by atoms with Crippen molar-refractivity contribution in [1.29, 1.82) is 0 Å². The van der Waals surface area contributed by atoms with Crippen molar-refractivity contribution in [2.45, 2.75) is 64.4 Å². The van der Waals surface area contributed by atoms with E-state index in [-0.39, 0.29) is 17.1 Å². The van der Waals surface area contributed by atoms with E-state index in [9.17, 15) is 9.90 Å². The fourth-order valence-electron chi connectivity index (χ4n) is 3.98. The summed E-state index contributed by atoms with van der Waals surface area (Å²) in [7, 11) is 0. The normalized spacial score (nSPS) is 24.2. The van der Waals surface area contributed by atoms with Crippen molar-refractivity contribution in [3.63, 3.8) is 0 Å². The molecule has 0 atom stereocenters. The van der Waals surface area contributed by atoms with Crippen LogP contribution < -0.4 is 9.47 Å². The first-order chi connectivity index (χ1) is 11.4. The molecule has 2 aliphatic heterocycles. The minimum Gasteiger partial charge on any atom is -0.507 e.